The van der Waals surface area contributed by atoms with Crippen molar-refractivity contribution in [1.82, 2.24) is 24.3 Å². The molecular weight excluding hydrogens is 422 g/mol. The number of carbonyl (C=O) groups is 1. The van der Waals surface area contributed by atoms with Crippen molar-refractivity contribution in [2.75, 3.05) is 38.5 Å². The lowest BCUT2D eigenvalue weighted by Gasteiger charge is -2.34. The van der Waals surface area contributed by atoms with Crippen LogP contribution < -0.4 is 4.74 Å². The molecule has 32 heavy (non-hydrogen) atoms. The second-order valence-corrected chi connectivity index (χ2v) is 8.93. The summed E-state index contributed by atoms with van der Waals surface area (Å²) in [4.78, 5) is 25.2. The molecule has 0 saturated carbocycles. The number of thioether (sulfide) groups is 1. The first-order chi connectivity index (χ1) is 15.7. The van der Waals surface area contributed by atoms with Gasteiger partial charge < -0.3 is 14.2 Å². The second kappa shape index (κ2) is 11.2. The number of nitrogens with zero attached hydrogens (tertiary/aromatic N) is 5. The van der Waals surface area contributed by atoms with Crippen LogP contribution in [-0.4, -0.2) is 68.9 Å². The lowest BCUT2D eigenvalue weighted by Crippen LogP contribution is -2.49. The molecule has 0 spiro atoms. The van der Waals surface area contributed by atoms with Gasteiger partial charge in [-0.25, -0.2) is 9.78 Å². The first-order valence-corrected chi connectivity index (χ1v) is 11.9. The molecule has 0 N–H and O–H groups in total. The maximum atomic E-state index is 12.5. The standard InChI is InChI=1S/C24H29N5O2S/c1-27-13-11-26-23(27)32-18-9-20-4-6-22(7-5-20)31-24(30)29-16-14-28(15-17-29)12-8-21-3-2-10-25-19-21/h2-7,10-11,13,19H,8-9,12,14-18H2,1H3. The van der Waals surface area contributed by atoms with E-state index < -0.39 is 0 Å². The third-order valence-corrected chi connectivity index (χ3v) is 6.66. The van der Waals surface area contributed by atoms with Gasteiger partial charge in [0.1, 0.15) is 5.75 Å². The molecule has 1 fully saturated rings. The molecule has 0 unspecified atom stereocenters. The number of imidazole rings is 1. The average molecular weight is 452 g/mol. The first kappa shape index (κ1) is 22.4. The predicted molar refractivity (Wildman–Crippen MR) is 126 cm³/mol. The summed E-state index contributed by atoms with van der Waals surface area (Å²) in [6.45, 7) is 4.08. The van der Waals surface area contributed by atoms with Crippen LogP contribution in [0.5, 0.6) is 5.75 Å². The zero-order valence-electron chi connectivity index (χ0n) is 18.4. The maximum absolute atomic E-state index is 12.5. The molecule has 7 nitrogen and oxygen atoms in total. The monoisotopic (exact) mass is 451 g/mol. The molecule has 0 bridgehead atoms. The van der Waals surface area contributed by atoms with Crippen molar-refractivity contribution in [3.63, 3.8) is 0 Å². The Bertz CT molecular complexity index is 985. The molecule has 3 aromatic rings. The number of benzene rings is 1. The maximum Gasteiger partial charge on any atom is 0.415 e. The smallest absolute Gasteiger partial charge is 0.410 e. The van der Waals surface area contributed by atoms with E-state index >= 15 is 0 Å². The number of aromatic nitrogens is 3. The lowest BCUT2D eigenvalue weighted by atomic mass is 10.2. The van der Waals surface area contributed by atoms with Crippen molar-refractivity contribution >= 4 is 17.9 Å². The summed E-state index contributed by atoms with van der Waals surface area (Å²) in [7, 11) is 2.00. The summed E-state index contributed by atoms with van der Waals surface area (Å²) in [5.41, 5.74) is 2.46. The third kappa shape index (κ3) is 6.34. The molecule has 1 amide bonds. The summed E-state index contributed by atoms with van der Waals surface area (Å²) < 4.78 is 7.62. The van der Waals surface area contributed by atoms with Gasteiger partial charge >= 0.3 is 6.09 Å². The van der Waals surface area contributed by atoms with Crippen LogP contribution in [0.4, 0.5) is 4.79 Å². The highest BCUT2D eigenvalue weighted by molar-refractivity contribution is 7.99. The molecule has 0 atom stereocenters. The Balaban J connectivity index is 1.17. The van der Waals surface area contributed by atoms with Crippen molar-refractivity contribution < 1.29 is 9.53 Å². The Hall–Kier alpha value is -2.84. The molecule has 4 rings (SSSR count). The van der Waals surface area contributed by atoms with E-state index in [4.69, 9.17) is 4.74 Å². The fourth-order valence-corrected chi connectivity index (χ4v) is 4.55. The van der Waals surface area contributed by atoms with Crippen LogP contribution in [0, 0.1) is 0 Å². The topological polar surface area (TPSA) is 63.5 Å². The zero-order valence-corrected chi connectivity index (χ0v) is 19.2. The number of amides is 1. The molecule has 0 aliphatic carbocycles. The van der Waals surface area contributed by atoms with Crippen LogP contribution >= 0.6 is 11.8 Å². The van der Waals surface area contributed by atoms with E-state index in [-0.39, 0.29) is 6.09 Å². The summed E-state index contributed by atoms with van der Waals surface area (Å²) >= 11 is 1.74. The lowest BCUT2D eigenvalue weighted by molar-refractivity contribution is 0.111. The quantitative estimate of drug-likeness (QED) is 0.489. The van der Waals surface area contributed by atoms with Crippen molar-refractivity contribution in [3.8, 4) is 5.75 Å². The number of piperazine rings is 1. The molecule has 1 saturated heterocycles. The van der Waals surface area contributed by atoms with Gasteiger partial charge in [0.15, 0.2) is 5.16 Å². The van der Waals surface area contributed by atoms with Crippen LogP contribution in [0.25, 0.3) is 0 Å². The fourth-order valence-electron chi connectivity index (χ4n) is 3.63. The van der Waals surface area contributed by atoms with Crippen LogP contribution in [-0.2, 0) is 19.9 Å². The zero-order chi connectivity index (χ0) is 22.2. The number of hydrogen-bond acceptors (Lipinski definition) is 6. The molecule has 0 radical (unpaired) electrons. The Labute approximate surface area is 193 Å². The number of ether oxygens (including phenoxy) is 1. The van der Waals surface area contributed by atoms with E-state index in [0.29, 0.717) is 18.8 Å². The van der Waals surface area contributed by atoms with Gasteiger partial charge in [0.2, 0.25) is 0 Å². The van der Waals surface area contributed by atoms with Gasteiger partial charge in [0, 0.05) is 70.3 Å². The van der Waals surface area contributed by atoms with Crippen molar-refractivity contribution in [2.24, 2.45) is 7.05 Å². The SMILES string of the molecule is Cn1ccnc1SCCc1ccc(OC(=O)N2CCN(CCc3cccnc3)CC2)cc1. The Morgan fingerprint density at radius 2 is 1.84 bits per heavy atom. The van der Waals surface area contributed by atoms with Crippen molar-refractivity contribution in [3.05, 3.63) is 72.3 Å². The largest absolute Gasteiger partial charge is 0.415 e. The Kier molecular flexibility index (Phi) is 7.79. The van der Waals surface area contributed by atoms with Gasteiger partial charge in [-0.3, -0.25) is 9.88 Å². The normalized spacial score (nSPS) is 14.5. The number of carbonyl (C=O) groups excluding carboxylic acids is 1. The molecule has 8 heteroatoms. The van der Waals surface area contributed by atoms with E-state index in [9.17, 15) is 4.79 Å². The average Bonchev–Trinajstić information content (AvgIpc) is 3.24. The number of aryl methyl sites for hydroxylation is 2. The predicted octanol–water partition coefficient (Wildman–Crippen LogP) is 3.51. The molecule has 2 aromatic heterocycles. The third-order valence-electron chi connectivity index (χ3n) is 5.60. The first-order valence-electron chi connectivity index (χ1n) is 10.9. The molecule has 1 aliphatic rings. The van der Waals surface area contributed by atoms with Crippen LogP contribution in [0.2, 0.25) is 0 Å². The van der Waals surface area contributed by atoms with E-state index in [1.165, 1.54) is 11.1 Å². The highest BCUT2D eigenvalue weighted by Gasteiger charge is 2.22. The van der Waals surface area contributed by atoms with Crippen molar-refractivity contribution in [2.45, 2.75) is 18.0 Å². The Morgan fingerprint density at radius 3 is 2.53 bits per heavy atom. The summed E-state index contributed by atoms with van der Waals surface area (Å²) in [5, 5.41) is 1.02. The van der Waals surface area contributed by atoms with Gasteiger partial charge in [-0.05, 0) is 42.2 Å². The molecule has 1 aromatic carbocycles. The van der Waals surface area contributed by atoms with Crippen LogP contribution in [0.15, 0.2) is 66.3 Å². The molecule has 168 valence electrons. The number of hydrogen-bond donors (Lipinski definition) is 0. The molecule has 3 heterocycles. The van der Waals surface area contributed by atoms with E-state index in [0.717, 1.165) is 43.4 Å². The van der Waals surface area contributed by atoms with Crippen LogP contribution in [0.1, 0.15) is 11.1 Å². The summed E-state index contributed by atoms with van der Waals surface area (Å²) in [6, 6.07) is 11.9. The minimum atomic E-state index is -0.269. The van der Waals surface area contributed by atoms with Gasteiger partial charge in [0.25, 0.3) is 0 Å². The van der Waals surface area contributed by atoms with Gasteiger partial charge in [-0.1, -0.05) is 30.0 Å². The van der Waals surface area contributed by atoms with Crippen molar-refractivity contribution in [1.29, 1.82) is 0 Å². The highest BCUT2D eigenvalue weighted by Crippen LogP contribution is 2.19. The Morgan fingerprint density at radius 1 is 1.03 bits per heavy atom. The van der Waals surface area contributed by atoms with Gasteiger partial charge in [0.05, 0.1) is 0 Å². The fraction of sp³-hybridized carbons (Fsp3) is 0.375. The van der Waals surface area contributed by atoms with Gasteiger partial charge in [-0.2, -0.15) is 0 Å². The van der Waals surface area contributed by atoms with E-state index in [1.54, 1.807) is 22.9 Å². The second-order valence-electron chi connectivity index (χ2n) is 7.87. The number of pyridine rings is 1. The van der Waals surface area contributed by atoms with E-state index in [1.807, 2.05) is 60.5 Å². The minimum Gasteiger partial charge on any atom is -0.410 e. The highest BCUT2D eigenvalue weighted by atomic mass is 32.2. The summed E-state index contributed by atoms with van der Waals surface area (Å²) in [5.74, 6) is 1.55. The number of rotatable bonds is 8. The van der Waals surface area contributed by atoms with Crippen LogP contribution in [0.3, 0.4) is 0 Å². The summed E-state index contributed by atoms with van der Waals surface area (Å²) in [6.07, 6.45) is 9.12. The van der Waals surface area contributed by atoms with Gasteiger partial charge in [-0.15, -0.1) is 0 Å². The van der Waals surface area contributed by atoms with E-state index in [2.05, 4.69) is 20.9 Å². The minimum absolute atomic E-state index is 0.269. The molecular formula is C24H29N5O2S. The molecule has 1 aliphatic heterocycles.